The third kappa shape index (κ3) is 2.24. The normalized spacial score (nSPS) is 18.0. The Kier molecular flexibility index (Phi) is 3.27. The van der Waals surface area contributed by atoms with Gasteiger partial charge in [0.05, 0.1) is 10.6 Å². The van der Waals surface area contributed by atoms with Crippen LogP contribution in [0, 0.1) is 0 Å². The maximum absolute atomic E-state index is 12.1. The van der Waals surface area contributed by atoms with Crippen molar-refractivity contribution >= 4 is 9.84 Å². The largest absolute Gasteiger partial charge is 0.319 e. The predicted molar refractivity (Wildman–Crippen MR) is 69.0 cm³/mol. The van der Waals surface area contributed by atoms with Gasteiger partial charge in [0.1, 0.15) is 0 Å². The molecule has 17 heavy (non-hydrogen) atoms. The van der Waals surface area contributed by atoms with Crippen molar-refractivity contribution in [2.45, 2.75) is 30.1 Å². The van der Waals surface area contributed by atoms with Crippen molar-refractivity contribution < 1.29 is 8.42 Å². The maximum atomic E-state index is 12.1. The van der Waals surface area contributed by atoms with Gasteiger partial charge < -0.3 is 5.32 Å². The summed E-state index contributed by atoms with van der Waals surface area (Å²) in [5.41, 5.74) is 1.05. The Morgan fingerprint density at radius 1 is 1.29 bits per heavy atom. The summed E-state index contributed by atoms with van der Waals surface area (Å²) in [6.45, 7) is 2.55. The highest BCUT2D eigenvalue weighted by Gasteiger charge is 2.45. The summed E-state index contributed by atoms with van der Waals surface area (Å²) in [5, 5.41) is 3.17. The summed E-state index contributed by atoms with van der Waals surface area (Å²) >= 11 is 0. The Labute approximate surface area is 103 Å². The van der Waals surface area contributed by atoms with E-state index in [0.29, 0.717) is 4.90 Å². The first-order chi connectivity index (χ1) is 8.06. The van der Waals surface area contributed by atoms with Gasteiger partial charge in [0, 0.05) is 12.0 Å². The summed E-state index contributed by atoms with van der Waals surface area (Å²) in [5.74, 6) is 0.166. The molecule has 0 unspecified atom stereocenters. The number of hydrogen-bond donors (Lipinski definition) is 1. The smallest absolute Gasteiger partial charge is 0.178 e. The number of benzene rings is 1. The topological polar surface area (TPSA) is 46.2 Å². The zero-order valence-corrected chi connectivity index (χ0v) is 11.2. The van der Waals surface area contributed by atoms with Crippen molar-refractivity contribution in [3.63, 3.8) is 0 Å². The van der Waals surface area contributed by atoms with Gasteiger partial charge in [0.2, 0.25) is 0 Å². The van der Waals surface area contributed by atoms with Gasteiger partial charge in [-0.2, -0.15) is 0 Å². The van der Waals surface area contributed by atoms with Crippen LogP contribution in [-0.4, -0.2) is 27.8 Å². The highest BCUT2D eigenvalue weighted by molar-refractivity contribution is 7.91. The third-order valence-electron chi connectivity index (χ3n) is 3.54. The fourth-order valence-electron chi connectivity index (χ4n) is 2.36. The van der Waals surface area contributed by atoms with Crippen molar-refractivity contribution in [1.29, 1.82) is 0 Å². The van der Waals surface area contributed by atoms with Crippen molar-refractivity contribution in [3.8, 4) is 0 Å². The van der Waals surface area contributed by atoms with Gasteiger partial charge in [-0.05, 0) is 31.5 Å². The number of sulfone groups is 1. The second-order valence-corrected chi connectivity index (χ2v) is 6.96. The molecule has 1 aliphatic rings. The van der Waals surface area contributed by atoms with E-state index in [9.17, 15) is 8.42 Å². The molecule has 0 atom stereocenters. The molecule has 0 spiro atoms. The zero-order chi connectivity index (χ0) is 12.5. The van der Waals surface area contributed by atoms with Crippen LogP contribution in [0.3, 0.4) is 0 Å². The fraction of sp³-hybridized carbons (Fsp3) is 0.538. The van der Waals surface area contributed by atoms with Gasteiger partial charge in [-0.15, -0.1) is 0 Å². The first-order valence-electron chi connectivity index (χ1n) is 6.02. The molecule has 0 amide bonds. The average molecular weight is 253 g/mol. The lowest BCUT2D eigenvalue weighted by Crippen LogP contribution is -2.25. The molecule has 4 heteroatoms. The Morgan fingerprint density at radius 3 is 2.47 bits per heavy atom. The SMILES string of the molecule is CCS(=O)(=O)c1ccccc1C1(CNC)CC1. The number of rotatable bonds is 5. The zero-order valence-electron chi connectivity index (χ0n) is 10.4. The van der Waals surface area contributed by atoms with E-state index >= 15 is 0 Å². The van der Waals surface area contributed by atoms with Crippen molar-refractivity contribution in [3.05, 3.63) is 29.8 Å². The third-order valence-corrected chi connectivity index (χ3v) is 5.33. The van der Waals surface area contributed by atoms with Crippen LogP contribution in [0.5, 0.6) is 0 Å². The maximum Gasteiger partial charge on any atom is 0.178 e. The van der Waals surface area contributed by atoms with E-state index in [2.05, 4.69) is 5.32 Å². The van der Waals surface area contributed by atoms with Crippen LogP contribution in [0.4, 0.5) is 0 Å². The van der Waals surface area contributed by atoms with E-state index < -0.39 is 9.84 Å². The van der Waals surface area contributed by atoms with Gasteiger partial charge in [-0.25, -0.2) is 8.42 Å². The second-order valence-electron chi connectivity index (χ2n) is 4.71. The minimum Gasteiger partial charge on any atom is -0.319 e. The van der Waals surface area contributed by atoms with Gasteiger partial charge >= 0.3 is 0 Å². The molecule has 1 N–H and O–H groups in total. The van der Waals surface area contributed by atoms with Gasteiger partial charge in [-0.3, -0.25) is 0 Å². The van der Waals surface area contributed by atoms with E-state index in [1.54, 1.807) is 13.0 Å². The Bertz CT molecular complexity index is 504. The van der Waals surface area contributed by atoms with Crippen LogP contribution in [-0.2, 0) is 15.3 Å². The lowest BCUT2D eigenvalue weighted by molar-refractivity contribution is 0.583. The summed E-state index contributed by atoms with van der Waals surface area (Å²) < 4.78 is 24.2. The van der Waals surface area contributed by atoms with Crippen molar-refractivity contribution in [1.82, 2.24) is 5.32 Å². The molecule has 1 aromatic carbocycles. The van der Waals surface area contributed by atoms with Crippen molar-refractivity contribution in [2.24, 2.45) is 0 Å². The number of likely N-dealkylation sites (N-methyl/N-ethyl adjacent to an activating group) is 1. The minimum atomic E-state index is -3.12. The summed E-state index contributed by atoms with van der Waals surface area (Å²) in [4.78, 5) is 0.523. The van der Waals surface area contributed by atoms with Gasteiger partial charge in [0.25, 0.3) is 0 Å². The van der Waals surface area contributed by atoms with E-state index in [1.165, 1.54) is 0 Å². The molecule has 0 aliphatic heterocycles. The van der Waals surface area contributed by atoms with E-state index in [-0.39, 0.29) is 11.2 Å². The fourth-order valence-corrected chi connectivity index (χ4v) is 3.58. The van der Waals surface area contributed by atoms with E-state index in [4.69, 9.17) is 0 Å². The Balaban J connectivity index is 2.49. The molecule has 94 valence electrons. The van der Waals surface area contributed by atoms with Gasteiger partial charge in [0.15, 0.2) is 9.84 Å². The monoisotopic (exact) mass is 253 g/mol. The molecule has 3 nitrogen and oxygen atoms in total. The molecule has 1 aromatic rings. The standard InChI is InChI=1S/C13H19NO2S/c1-3-17(15,16)12-7-5-4-6-11(12)13(8-9-13)10-14-2/h4-7,14H,3,8-10H2,1-2H3. The molecule has 1 fully saturated rings. The van der Waals surface area contributed by atoms with E-state index in [0.717, 1.165) is 24.9 Å². The van der Waals surface area contributed by atoms with Crippen LogP contribution in [0.2, 0.25) is 0 Å². The first-order valence-corrected chi connectivity index (χ1v) is 7.68. The molecule has 2 rings (SSSR count). The molecule has 0 radical (unpaired) electrons. The van der Waals surface area contributed by atoms with Crippen LogP contribution < -0.4 is 5.32 Å². The molecular formula is C13H19NO2S. The second kappa shape index (κ2) is 4.42. The number of hydrogen-bond acceptors (Lipinski definition) is 3. The predicted octanol–water partition coefficient (Wildman–Crippen LogP) is 1.73. The lowest BCUT2D eigenvalue weighted by atomic mass is 9.96. The summed E-state index contributed by atoms with van der Waals surface area (Å²) in [7, 11) is -1.20. The summed E-state index contributed by atoms with van der Waals surface area (Å²) in [6, 6.07) is 7.44. The number of nitrogens with one attached hydrogen (secondary N) is 1. The molecule has 0 aromatic heterocycles. The molecule has 0 heterocycles. The van der Waals surface area contributed by atoms with Crippen LogP contribution in [0.1, 0.15) is 25.3 Å². The molecule has 0 saturated heterocycles. The molecule has 1 saturated carbocycles. The lowest BCUT2D eigenvalue weighted by Gasteiger charge is -2.18. The molecule has 0 bridgehead atoms. The van der Waals surface area contributed by atoms with Crippen LogP contribution in [0.25, 0.3) is 0 Å². The van der Waals surface area contributed by atoms with Crippen LogP contribution >= 0.6 is 0 Å². The first kappa shape index (κ1) is 12.6. The quantitative estimate of drug-likeness (QED) is 0.869. The Morgan fingerprint density at radius 2 is 1.94 bits per heavy atom. The Hall–Kier alpha value is -0.870. The highest BCUT2D eigenvalue weighted by atomic mass is 32.2. The average Bonchev–Trinajstić information content (AvgIpc) is 3.11. The van der Waals surface area contributed by atoms with E-state index in [1.807, 2.05) is 25.2 Å². The molecular weight excluding hydrogens is 234 g/mol. The minimum absolute atomic E-state index is 0.0492. The van der Waals surface area contributed by atoms with Gasteiger partial charge in [-0.1, -0.05) is 25.1 Å². The summed E-state index contributed by atoms with van der Waals surface area (Å²) in [6.07, 6.45) is 2.15. The van der Waals surface area contributed by atoms with Crippen LogP contribution in [0.15, 0.2) is 29.2 Å². The molecule has 1 aliphatic carbocycles. The highest BCUT2D eigenvalue weighted by Crippen LogP contribution is 2.49. The van der Waals surface area contributed by atoms with Crippen molar-refractivity contribution in [2.75, 3.05) is 19.3 Å².